The molecule has 2 heterocycles. The van der Waals surface area contributed by atoms with Crippen LogP contribution in [0.25, 0.3) is 0 Å². The van der Waals surface area contributed by atoms with Gasteiger partial charge in [0, 0.05) is 32.0 Å². The van der Waals surface area contributed by atoms with Gasteiger partial charge in [-0.3, -0.25) is 4.98 Å². The van der Waals surface area contributed by atoms with E-state index >= 15 is 0 Å². The Hall–Kier alpha value is -1.92. The van der Waals surface area contributed by atoms with Gasteiger partial charge >= 0.3 is 0 Å². The molecule has 0 bridgehead atoms. The normalized spacial score (nSPS) is 10.8. The number of methoxy groups -OCH3 is 1. The van der Waals surface area contributed by atoms with E-state index in [-0.39, 0.29) is 0 Å². The predicted molar refractivity (Wildman–Crippen MR) is 78.1 cm³/mol. The molecule has 0 fully saturated rings. The van der Waals surface area contributed by atoms with E-state index in [4.69, 9.17) is 14.0 Å². The maximum absolute atomic E-state index is 5.79. The third-order valence-corrected chi connectivity index (χ3v) is 2.90. The van der Waals surface area contributed by atoms with E-state index in [0.717, 1.165) is 35.1 Å². The summed E-state index contributed by atoms with van der Waals surface area (Å²) in [5.74, 6) is 1.53. The predicted octanol–water partition coefficient (Wildman–Crippen LogP) is 2.00. The van der Waals surface area contributed by atoms with Crippen molar-refractivity contribution in [3.8, 4) is 5.75 Å². The molecule has 0 atom stereocenters. The lowest BCUT2D eigenvalue weighted by molar-refractivity contribution is 0.198. The molecule has 0 aliphatic rings. The van der Waals surface area contributed by atoms with Gasteiger partial charge in [0.25, 0.3) is 0 Å². The number of aryl methyl sites for hydroxylation is 2. The molecule has 0 spiro atoms. The molecule has 2 aromatic heterocycles. The van der Waals surface area contributed by atoms with Crippen molar-refractivity contribution in [1.29, 1.82) is 0 Å². The Morgan fingerprint density at radius 2 is 2.14 bits per heavy atom. The standard InChI is InChI=1S/C15H21N3O3/c1-11-4-5-15(14(17-11)9-16-6-7-19-3)20-10-13-8-12(2)21-18-13/h4-5,8,16H,6-7,9-10H2,1-3H3. The van der Waals surface area contributed by atoms with Crippen LogP contribution in [0.2, 0.25) is 0 Å². The third kappa shape index (κ3) is 4.84. The topological polar surface area (TPSA) is 69.4 Å². The van der Waals surface area contributed by atoms with Gasteiger partial charge in [-0.1, -0.05) is 5.16 Å². The molecule has 0 saturated carbocycles. The number of aromatic nitrogens is 2. The van der Waals surface area contributed by atoms with Crippen LogP contribution in [-0.2, 0) is 17.9 Å². The Balaban J connectivity index is 1.97. The van der Waals surface area contributed by atoms with Crippen LogP contribution < -0.4 is 10.1 Å². The molecule has 6 nitrogen and oxygen atoms in total. The van der Waals surface area contributed by atoms with E-state index < -0.39 is 0 Å². The number of hydrogen-bond donors (Lipinski definition) is 1. The molecule has 0 saturated heterocycles. The van der Waals surface area contributed by atoms with Gasteiger partial charge in [-0.25, -0.2) is 0 Å². The monoisotopic (exact) mass is 291 g/mol. The number of ether oxygens (including phenoxy) is 2. The van der Waals surface area contributed by atoms with Gasteiger partial charge in [0.1, 0.15) is 23.8 Å². The van der Waals surface area contributed by atoms with E-state index in [2.05, 4.69) is 15.5 Å². The molecule has 0 radical (unpaired) electrons. The second-order valence-corrected chi connectivity index (χ2v) is 4.78. The average Bonchev–Trinajstić information content (AvgIpc) is 2.88. The van der Waals surface area contributed by atoms with Crippen molar-refractivity contribution < 1.29 is 14.0 Å². The number of hydrogen-bond acceptors (Lipinski definition) is 6. The molecule has 0 aliphatic carbocycles. The van der Waals surface area contributed by atoms with E-state index in [0.29, 0.717) is 19.8 Å². The summed E-state index contributed by atoms with van der Waals surface area (Å²) in [4.78, 5) is 4.52. The highest BCUT2D eigenvalue weighted by molar-refractivity contribution is 5.29. The lowest BCUT2D eigenvalue weighted by Gasteiger charge is -2.11. The zero-order chi connectivity index (χ0) is 15.1. The lowest BCUT2D eigenvalue weighted by Crippen LogP contribution is -2.20. The number of nitrogens with zero attached hydrogens (tertiary/aromatic N) is 2. The van der Waals surface area contributed by atoms with Crippen LogP contribution in [0.5, 0.6) is 5.75 Å². The SMILES string of the molecule is COCCNCc1nc(C)ccc1OCc1cc(C)on1. The molecule has 0 unspecified atom stereocenters. The molecule has 0 aliphatic heterocycles. The van der Waals surface area contributed by atoms with Crippen LogP contribution in [0, 0.1) is 13.8 Å². The molecule has 21 heavy (non-hydrogen) atoms. The molecule has 0 amide bonds. The summed E-state index contributed by atoms with van der Waals surface area (Å²) < 4.78 is 15.8. The first-order valence-electron chi connectivity index (χ1n) is 6.90. The van der Waals surface area contributed by atoms with Crippen LogP contribution in [0.3, 0.4) is 0 Å². The molecule has 114 valence electrons. The van der Waals surface area contributed by atoms with E-state index in [1.54, 1.807) is 7.11 Å². The van der Waals surface area contributed by atoms with E-state index in [1.165, 1.54) is 0 Å². The summed E-state index contributed by atoms with van der Waals surface area (Å²) in [6.45, 7) is 6.26. The first-order valence-corrected chi connectivity index (χ1v) is 6.90. The van der Waals surface area contributed by atoms with Crippen molar-refractivity contribution in [1.82, 2.24) is 15.5 Å². The van der Waals surface area contributed by atoms with Gasteiger partial charge in [-0.2, -0.15) is 0 Å². The molecule has 2 aromatic rings. The quantitative estimate of drug-likeness (QED) is 0.750. The molecule has 1 N–H and O–H groups in total. The van der Waals surface area contributed by atoms with Gasteiger partial charge in [0.2, 0.25) is 0 Å². The molecule has 0 aromatic carbocycles. The number of rotatable bonds is 8. The third-order valence-electron chi connectivity index (χ3n) is 2.90. The highest BCUT2D eigenvalue weighted by Crippen LogP contribution is 2.18. The van der Waals surface area contributed by atoms with Crippen molar-refractivity contribution in [2.24, 2.45) is 0 Å². The minimum atomic E-state index is 0.368. The average molecular weight is 291 g/mol. The van der Waals surface area contributed by atoms with E-state index in [9.17, 15) is 0 Å². The Bertz CT molecular complexity index is 569. The number of nitrogens with one attached hydrogen (secondary N) is 1. The molecular weight excluding hydrogens is 270 g/mol. The smallest absolute Gasteiger partial charge is 0.142 e. The summed E-state index contributed by atoms with van der Waals surface area (Å²) >= 11 is 0. The van der Waals surface area contributed by atoms with Crippen LogP contribution in [-0.4, -0.2) is 30.4 Å². The van der Waals surface area contributed by atoms with Gasteiger partial charge in [-0.05, 0) is 26.0 Å². The van der Waals surface area contributed by atoms with Gasteiger partial charge in [0.15, 0.2) is 0 Å². The minimum absolute atomic E-state index is 0.368. The zero-order valence-corrected chi connectivity index (χ0v) is 12.7. The van der Waals surface area contributed by atoms with Crippen LogP contribution in [0.15, 0.2) is 22.7 Å². The van der Waals surface area contributed by atoms with Gasteiger partial charge in [0.05, 0.1) is 12.3 Å². The Labute approximate surface area is 124 Å². The molecule has 6 heteroatoms. The highest BCUT2D eigenvalue weighted by Gasteiger charge is 2.08. The molecule has 2 rings (SSSR count). The van der Waals surface area contributed by atoms with Crippen molar-refractivity contribution in [3.05, 3.63) is 41.0 Å². The summed E-state index contributed by atoms with van der Waals surface area (Å²) in [6, 6.07) is 5.72. The fourth-order valence-corrected chi connectivity index (χ4v) is 1.87. The fourth-order valence-electron chi connectivity index (χ4n) is 1.87. The largest absolute Gasteiger partial charge is 0.485 e. The minimum Gasteiger partial charge on any atom is -0.485 e. The lowest BCUT2D eigenvalue weighted by atomic mass is 10.2. The summed E-state index contributed by atoms with van der Waals surface area (Å²) in [5.41, 5.74) is 2.61. The van der Waals surface area contributed by atoms with Crippen LogP contribution >= 0.6 is 0 Å². The summed E-state index contributed by atoms with van der Waals surface area (Å²) in [7, 11) is 1.68. The second-order valence-electron chi connectivity index (χ2n) is 4.78. The van der Waals surface area contributed by atoms with Gasteiger partial charge < -0.3 is 19.3 Å². The highest BCUT2D eigenvalue weighted by atomic mass is 16.5. The Morgan fingerprint density at radius 3 is 2.86 bits per heavy atom. The second kappa shape index (κ2) is 7.75. The first-order chi connectivity index (χ1) is 10.2. The Morgan fingerprint density at radius 1 is 1.29 bits per heavy atom. The van der Waals surface area contributed by atoms with Crippen molar-refractivity contribution in [2.45, 2.75) is 27.0 Å². The first kappa shape index (κ1) is 15.5. The van der Waals surface area contributed by atoms with Crippen LogP contribution in [0.1, 0.15) is 22.8 Å². The zero-order valence-electron chi connectivity index (χ0n) is 12.7. The van der Waals surface area contributed by atoms with Crippen molar-refractivity contribution >= 4 is 0 Å². The van der Waals surface area contributed by atoms with Crippen molar-refractivity contribution in [3.63, 3.8) is 0 Å². The maximum Gasteiger partial charge on any atom is 0.142 e. The maximum atomic E-state index is 5.79. The number of pyridine rings is 1. The molecular formula is C15H21N3O3. The van der Waals surface area contributed by atoms with Crippen molar-refractivity contribution in [2.75, 3.05) is 20.3 Å². The van der Waals surface area contributed by atoms with E-state index in [1.807, 2.05) is 32.0 Å². The summed E-state index contributed by atoms with van der Waals surface area (Å²) in [5, 5.41) is 7.18. The Kier molecular flexibility index (Phi) is 5.71. The van der Waals surface area contributed by atoms with Gasteiger partial charge in [-0.15, -0.1) is 0 Å². The summed E-state index contributed by atoms with van der Waals surface area (Å²) in [6.07, 6.45) is 0. The fraction of sp³-hybridized carbons (Fsp3) is 0.467. The van der Waals surface area contributed by atoms with Crippen LogP contribution in [0.4, 0.5) is 0 Å².